The molecule has 3 aromatic carbocycles. The molecule has 8 nitrogen and oxygen atoms in total. The quantitative estimate of drug-likeness (QED) is 0.180. The molecule has 212 valence electrons. The minimum atomic E-state index is -1.16. The van der Waals surface area contributed by atoms with E-state index in [0.29, 0.717) is 16.6 Å². The fourth-order valence-electron chi connectivity index (χ4n) is 4.26. The molecule has 0 fully saturated rings. The van der Waals surface area contributed by atoms with Crippen LogP contribution < -0.4 is 21.3 Å². The standard InChI is InChI=1S/C30H26F3N3O5/c1-17-14-19(8-10-22(17)31)28(38)21-9-11-25(37)36(29(21)34)27-23(32)15-20(16-24(27)33)41-13-5-12-35-26(30(39)40)18-6-3-2-4-7-18/h2-4,6-11,14-16,26,35H,5,12-13,34H2,1H3,(H,39,40)/t26-/m0/s1. The summed E-state index contributed by atoms with van der Waals surface area (Å²) in [6.45, 7) is 1.73. The first-order valence-corrected chi connectivity index (χ1v) is 12.5. The van der Waals surface area contributed by atoms with Crippen LogP contribution in [0.3, 0.4) is 0 Å². The first-order chi connectivity index (χ1) is 19.6. The molecule has 11 heteroatoms. The number of carboxylic acid groups (broad SMARTS) is 1. The smallest absolute Gasteiger partial charge is 0.325 e. The van der Waals surface area contributed by atoms with Gasteiger partial charge in [-0.05, 0) is 55.3 Å². The molecule has 0 radical (unpaired) electrons. The Bertz CT molecular complexity index is 1630. The Kier molecular flexibility index (Phi) is 8.88. The molecule has 0 aliphatic carbocycles. The molecule has 0 unspecified atom stereocenters. The summed E-state index contributed by atoms with van der Waals surface area (Å²) in [5.41, 5.74) is 5.06. The summed E-state index contributed by atoms with van der Waals surface area (Å²) < 4.78 is 49.9. The van der Waals surface area contributed by atoms with E-state index >= 15 is 8.78 Å². The van der Waals surface area contributed by atoms with Gasteiger partial charge in [0.15, 0.2) is 17.4 Å². The molecule has 1 aromatic heterocycles. The van der Waals surface area contributed by atoms with Crippen molar-refractivity contribution in [3.8, 4) is 11.4 Å². The lowest BCUT2D eigenvalue weighted by Gasteiger charge is -2.16. The number of nitrogen functional groups attached to an aromatic ring is 1. The summed E-state index contributed by atoms with van der Waals surface area (Å²) in [6.07, 6.45) is 0.320. The van der Waals surface area contributed by atoms with E-state index in [1.165, 1.54) is 19.1 Å². The highest BCUT2D eigenvalue weighted by atomic mass is 19.1. The molecule has 0 saturated carbocycles. The Labute approximate surface area is 232 Å². The fourth-order valence-corrected chi connectivity index (χ4v) is 4.26. The molecule has 0 saturated heterocycles. The topological polar surface area (TPSA) is 124 Å². The van der Waals surface area contributed by atoms with Gasteiger partial charge in [0.1, 0.15) is 29.1 Å². The number of nitrogens with zero attached hydrogens (tertiary/aromatic N) is 1. The number of nitrogens with two attached hydrogens (primary N) is 1. The van der Waals surface area contributed by atoms with Gasteiger partial charge in [0, 0.05) is 23.8 Å². The number of rotatable bonds is 11. The molecule has 0 aliphatic heterocycles. The highest BCUT2D eigenvalue weighted by Crippen LogP contribution is 2.27. The SMILES string of the molecule is Cc1cc(C(=O)c2ccc(=O)n(-c3c(F)cc(OCCCN[C@H](C(=O)O)c4ccccc4)cc3F)c2N)ccc1F. The van der Waals surface area contributed by atoms with E-state index in [-0.39, 0.29) is 35.6 Å². The highest BCUT2D eigenvalue weighted by Gasteiger charge is 2.23. The predicted octanol–water partition coefficient (Wildman–Crippen LogP) is 4.56. The van der Waals surface area contributed by atoms with Crippen LogP contribution in [-0.4, -0.2) is 34.6 Å². The van der Waals surface area contributed by atoms with Crippen LogP contribution in [0.1, 0.15) is 39.5 Å². The van der Waals surface area contributed by atoms with Crippen molar-refractivity contribution in [1.29, 1.82) is 0 Å². The lowest BCUT2D eigenvalue weighted by Crippen LogP contribution is -2.30. The Morgan fingerprint density at radius 3 is 2.29 bits per heavy atom. The molecule has 41 heavy (non-hydrogen) atoms. The van der Waals surface area contributed by atoms with E-state index in [2.05, 4.69) is 5.32 Å². The van der Waals surface area contributed by atoms with Crippen LogP contribution in [0.4, 0.5) is 19.0 Å². The van der Waals surface area contributed by atoms with E-state index in [1.807, 2.05) is 0 Å². The summed E-state index contributed by atoms with van der Waals surface area (Å²) in [5, 5.41) is 12.4. The molecular formula is C30H26F3N3O5. The molecule has 4 rings (SSSR count). The maximum absolute atomic E-state index is 15.1. The lowest BCUT2D eigenvalue weighted by atomic mass is 10.0. The van der Waals surface area contributed by atoms with Crippen molar-refractivity contribution in [3.63, 3.8) is 0 Å². The minimum absolute atomic E-state index is 0.00944. The molecule has 0 amide bonds. The van der Waals surface area contributed by atoms with Crippen LogP contribution in [0.15, 0.2) is 77.6 Å². The second-order valence-corrected chi connectivity index (χ2v) is 9.17. The Morgan fingerprint density at radius 2 is 1.66 bits per heavy atom. The number of aliphatic carboxylic acids is 1. The van der Waals surface area contributed by atoms with Gasteiger partial charge in [-0.3, -0.25) is 19.0 Å². The van der Waals surface area contributed by atoms with Gasteiger partial charge < -0.3 is 20.9 Å². The van der Waals surface area contributed by atoms with Gasteiger partial charge in [0.05, 0.1) is 12.2 Å². The van der Waals surface area contributed by atoms with E-state index in [4.69, 9.17) is 10.5 Å². The third-order valence-corrected chi connectivity index (χ3v) is 6.33. The Hall–Kier alpha value is -4.90. The van der Waals surface area contributed by atoms with Gasteiger partial charge in [-0.2, -0.15) is 0 Å². The first-order valence-electron chi connectivity index (χ1n) is 12.5. The van der Waals surface area contributed by atoms with Crippen LogP contribution in [0.2, 0.25) is 0 Å². The van der Waals surface area contributed by atoms with Crippen molar-refractivity contribution >= 4 is 17.6 Å². The number of anilines is 1. The number of hydrogen-bond acceptors (Lipinski definition) is 6. The molecule has 1 atom stereocenters. The van der Waals surface area contributed by atoms with Gasteiger partial charge >= 0.3 is 5.97 Å². The monoisotopic (exact) mass is 565 g/mol. The van der Waals surface area contributed by atoms with Gasteiger partial charge in [0.2, 0.25) is 0 Å². The fraction of sp³-hybridized carbons (Fsp3) is 0.167. The number of benzene rings is 3. The van der Waals surface area contributed by atoms with Crippen molar-refractivity contribution in [1.82, 2.24) is 9.88 Å². The average Bonchev–Trinajstić information content (AvgIpc) is 2.93. The van der Waals surface area contributed by atoms with Crippen molar-refractivity contribution in [2.75, 3.05) is 18.9 Å². The molecule has 0 bridgehead atoms. The normalized spacial score (nSPS) is 11.7. The van der Waals surface area contributed by atoms with Crippen LogP contribution in [-0.2, 0) is 4.79 Å². The number of carbonyl (C=O) groups excluding carboxylic acids is 1. The van der Waals surface area contributed by atoms with Crippen molar-refractivity contribution in [2.24, 2.45) is 0 Å². The van der Waals surface area contributed by atoms with E-state index in [9.17, 15) is 23.9 Å². The molecular weight excluding hydrogens is 539 g/mol. The van der Waals surface area contributed by atoms with Crippen LogP contribution >= 0.6 is 0 Å². The number of carboxylic acids is 1. The van der Waals surface area contributed by atoms with Gasteiger partial charge in [-0.1, -0.05) is 30.3 Å². The minimum Gasteiger partial charge on any atom is -0.493 e. The van der Waals surface area contributed by atoms with Gasteiger partial charge in [-0.15, -0.1) is 0 Å². The second kappa shape index (κ2) is 12.5. The number of ketones is 1. The Balaban J connectivity index is 1.49. The largest absolute Gasteiger partial charge is 0.493 e. The van der Waals surface area contributed by atoms with Crippen LogP contribution in [0, 0.1) is 24.4 Å². The summed E-state index contributed by atoms with van der Waals surface area (Å²) in [7, 11) is 0. The zero-order valence-electron chi connectivity index (χ0n) is 21.9. The van der Waals surface area contributed by atoms with E-state index in [1.54, 1.807) is 30.3 Å². The third kappa shape index (κ3) is 6.47. The van der Waals surface area contributed by atoms with Crippen molar-refractivity contribution < 1.29 is 32.6 Å². The molecule has 4 aromatic rings. The van der Waals surface area contributed by atoms with Crippen LogP contribution in [0.25, 0.3) is 5.69 Å². The van der Waals surface area contributed by atoms with E-state index in [0.717, 1.165) is 30.3 Å². The number of hydrogen-bond donors (Lipinski definition) is 3. The molecule has 4 N–H and O–H groups in total. The summed E-state index contributed by atoms with van der Waals surface area (Å²) in [4.78, 5) is 37.2. The lowest BCUT2D eigenvalue weighted by molar-refractivity contribution is -0.139. The van der Waals surface area contributed by atoms with Crippen LogP contribution in [0.5, 0.6) is 5.75 Å². The predicted molar refractivity (Wildman–Crippen MR) is 146 cm³/mol. The van der Waals surface area contributed by atoms with Gasteiger partial charge in [0.25, 0.3) is 5.56 Å². The number of halogens is 3. The zero-order valence-corrected chi connectivity index (χ0v) is 21.9. The second-order valence-electron chi connectivity index (χ2n) is 9.17. The molecule has 1 heterocycles. The maximum Gasteiger partial charge on any atom is 0.325 e. The number of carbonyl (C=O) groups is 2. The number of aryl methyl sites for hydroxylation is 1. The third-order valence-electron chi connectivity index (χ3n) is 6.33. The highest BCUT2D eigenvalue weighted by molar-refractivity contribution is 6.11. The van der Waals surface area contributed by atoms with E-state index < -0.39 is 52.3 Å². The molecule has 0 spiro atoms. The average molecular weight is 566 g/mol. The number of pyridine rings is 1. The van der Waals surface area contributed by atoms with Crippen molar-refractivity contribution in [3.05, 3.63) is 123 Å². The summed E-state index contributed by atoms with van der Waals surface area (Å²) >= 11 is 0. The Morgan fingerprint density at radius 1 is 0.976 bits per heavy atom. The van der Waals surface area contributed by atoms with Crippen molar-refractivity contribution in [2.45, 2.75) is 19.4 Å². The molecule has 0 aliphatic rings. The zero-order chi connectivity index (χ0) is 29.7. The summed E-state index contributed by atoms with van der Waals surface area (Å²) in [5.74, 6) is -5.21. The first kappa shape index (κ1) is 29.1. The maximum atomic E-state index is 15.1. The number of aromatic nitrogens is 1. The number of nitrogens with one attached hydrogen (secondary N) is 1. The van der Waals surface area contributed by atoms with Gasteiger partial charge in [-0.25, -0.2) is 13.2 Å². The number of ether oxygens (including phenoxy) is 1. The summed E-state index contributed by atoms with van der Waals surface area (Å²) in [6, 6.07) is 15.2.